The summed E-state index contributed by atoms with van der Waals surface area (Å²) in [5, 5.41) is 12.5. The fourth-order valence-electron chi connectivity index (χ4n) is 3.05. The van der Waals surface area contributed by atoms with Crippen molar-refractivity contribution in [3.8, 4) is 5.75 Å². The molecule has 3 heterocycles. The zero-order valence-electron chi connectivity index (χ0n) is 13.4. The summed E-state index contributed by atoms with van der Waals surface area (Å²) in [6, 6.07) is 8.19. The van der Waals surface area contributed by atoms with Crippen molar-refractivity contribution < 1.29 is 9.13 Å². The molecule has 0 amide bonds. The summed E-state index contributed by atoms with van der Waals surface area (Å²) in [6.07, 6.45) is 3.56. The molecule has 1 fully saturated rings. The number of piperidine rings is 1. The predicted molar refractivity (Wildman–Crippen MR) is 87.8 cm³/mol. The van der Waals surface area contributed by atoms with Crippen LogP contribution in [-0.4, -0.2) is 39.0 Å². The van der Waals surface area contributed by atoms with Crippen LogP contribution in [0.3, 0.4) is 0 Å². The quantitative estimate of drug-likeness (QED) is 0.740. The first-order valence-electron chi connectivity index (χ1n) is 8.04. The van der Waals surface area contributed by atoms with E-state index in [1.807, 2.05) is 13.0 Å². The van der Waals surface area contributed by atoms with Gasteiger partial charge in [0.1, 0.15) is 24.0 Å². The molecule has 3 aromatic rings. The Morgan fingerprint density at radius 3 is 2.67 bits per heavy atom. The summed E-state index contributed by atoms with van der Waals surface area (Å²) in [5.41, 5.74) is 1.85. The van der Waals surface area contributed by atoms with Gasteiger partial charge in [-0.15, -0.1) is 15.3 Å². The van der Waals surface area contributed by atoms with E-state index in [4.69, 9.17) is 4.74 Å². The minimum atomic E-state index is -0.247. The number of rotatable bonds is 3. The van der Waals surface area contributed by atoms with E-state index in [0.29, 0.717) is 0 Å². The standard InChI is InChI=1S/C17H18FN5O/c1-12-10-16-20-19-11-23(16)21-17(12)22-8-6-15(7-9-22)24-14-4-2-13(18)3-5-14/h2-5,10-11,15H,6-9H2,1H3. The number of nitrogens with zero attached hydrogens (tertiary/aromatic N) is 5. The molecule has 1 aromatic carbocycles. The van der Waals surface area contributed by atoms with Crippen molar-refractivity contribution in [3.63, 3.8) is 0 Å². The molecule has 0 atom stereocenters. The predicted octanol–water partition coefficient (Wildman–Crippen LogP) is 2.62. The van der Waals surface area contributed by atoms with Crippen LogP contribution in [0.5, 0.6) is 5.75 Å². The maximum absolute atomic E-state index is 12.9. The monoisotopic (exact) mass is 327 g/mol. The molecular weight excluding hydrogens is 309 g/mol. The summed E-state index contributed by atoms with van der Waals surface area (Å²) in [5.74, 6) is 1.43. The van der Waals surface area contributed by atoms with Gasteiger partial charge in [0, 0.05) is 25.9 Å². The van der Waals surface area contributed by atoms with Crippen molar-refractivity contribution in [1.29, 1.82) is 0 Å². The Morgan fingerprint density at radius 1 is 1.17 bits per heavy atom. The van der Waals surface area contributed by atoms with Crippen LogP contribution in [0, 0.1) is 12.7 Å². The van der Waals surface area contributed by atoms with E-state index in [9.17, 15) is 4.39 Å². The summed E-state index contributed by atoms with van der Waals surface area (Å²) in [4.78, 5) is 2.26. The zero-order chi connectivity index (χ0) is 16.5. The minimum absolute atomic E-state index is 0.144. The van der Waals surface area contributed by atoms with Crippen LogP contribution >= 0.6 is 0 Å². The number of benzene rings is 1. The van der Waals surface area contributed by atoms with Crippen molar-refractivity contribution in [2.45, 2.75) is 25.9 Å². The SMILES string of the molecule is Cc1cc2nncn2nc1N1CCC(Oc2ccc(F)cc2)CC1. The summed E-state index contributed by atoms with van der Waals surface area (Å²) in [7, 11) is 0. The third-order valence-corrected chi connectivity index (χ3v) is 4.31. The molecular formula is C17H18FN5O. The van der Waals surface area contributed by atoms with Gasteiger partial charge in [0.05, 0.1) is 0 Å². The van der Waals surface area contributed by atoms with E-state index in [-0.39, 0.29) is 11.9 Å². The topological polar surface area (TPSA) is 55.5 Å². The number of halogens is 1. The summed E-state index contributed by atoms with van der Waals surface area (Å²) < 4.78 is 20.6. The number of aromatic nitrogens is 4. The molecule has 124 valence electrons. The van der Waals surface area contributed by atoms with Crippen molar-refractivity contribution in [2.75, 3.05) is 18.0 Å². The molecule has 4 rings (SSSR count). The van der Waals surface area contributed by atoms with Crippen molar-refractivity contribution >= 4 is 11.5 Å². The Balaban J connectivity index is 1.43. The van der Waals surface area contributed by atoms with Crippen molar-refractivity contribution in [2.24, 2.45) is 0 Å². The Morgan fingerprint density at radius 2 is 1.92 bits per heavy atom. The first-order chi connectivity index (χ1) is 11.7. The molecule has 0 radical (unpaired) electrons. The lowest BCUT2D eigenvalue weighted by atomic mass is 10.1. The van der Waals surface area contributed by atoms with E-state index in [1.54, 1.807) is 23.0 Å². The summed E-state index contributed by atoms with van der Waals surface area (Å²) >= 11 is 0. The average molecular weight is 327 g/mol. The first-order valence-corrected chi connectivity index (χ1v) is 8.04. The molecule has 0 bridgehead atoms. The van der Waals surface area contributed by atoms with E-state index >= 15 is 0 Å². The van der Waals surface area contributed by atoms with Crippen molar-refractivity contribution in [1.82, 2.24) is 19.8 Å². The third-order valence-electron chi connectivity index (χ3n) is 4.31. The van der Waals surface area contributed by atoms with Crippen LogP contribution in [0.2, 0.25) is 0 Å². The lowest BCUT2D eigenvalue weighted by Gasteiger charge is -2.33. The average Bonchev–Trinajstić information content (AvgIpc) is 3.04. The van der Waals surface area contributed by atoms with Gasteiger partial charge in [-0.05, 0) is 42.8 Å². The molecule has 6 nitrogen and oxygen atoms in total. The smallest absolute Gasteiger partial charge is 0.177 e. The number of hydrogen-bond acceptors (Lipinski definition) is 5. The van der Waals surface area contributed by atoms with Gasteiger partial charge < -0.3 is 9.64 Å². The Bertz CT molecular complexity index is 840. The lowest BCUT2D eigenvalue weighted by Crippen LogP contribution is -2.39. The van der Waals surface area contributed by atoms with Gasteiger partial charge in [-0.25, -0.2) is 4.39 Å². The van der Waals surface area contributed by atoms with Gasteiger partial charge in [0.25, 0.3) is 0 Å². The van der Waals surface area contributed by atoms with Gasteiger partial charge in [-0.2, -0.15) is 4.52 Å². The molecule has 0 N–H and O–H groups in total. The van der Waals surface area contributed by atoms with E-state index in [1.165, 1.54) is 12.1 Å². The van der Waals surface area contributed by atoms with Gasteiger partial charge in [0.15, 0.2) is 11.5 Å². The number of ether oxygens (including phenoxy) is 1. The van der Waals surface area contributed by atoms with Crippen LogP contribution < -0.4 is 9.64 Å². The van der Waals surface area contributed by atoms with E-state index in [2.05, 4.69) is 20.2 Å². The first kappa shape index (κ1) is 14.9. The van der Waals surface area contributed by atoms with E-state index < -0.39 is 0 Å². The Hall–Kier alpha value is -2.70. The zero-order valence-corrected chi connectivity index (χ0v) is 13.4. The summed E-state index contributed by atoms with van der Waals surface area (Å²) in [6.45, 7) is 3.78. The number of hydrogen-bond donors (Lipinski definition) is 0. The molecule has 24 heavy (non-hydrogen) atoms. The maximum atomic E-state index is 12.9. The minimum Gasteiger partial charge on any atom is -0.490 e. The largest absolute Gasteiger partial charge is 0.490 e. The van der Waals surface area contributed by atoms with Crippen LogP contribution in [0.25, 0.3) is 5.65 Å². The van der Waals surface area contributed by atoms with Crippen LogP contribution in [0.4, 0.5) is 10.2 Å². The fraction of sp³-hybridized carbons (Fsp3) is 0.353. The molecule has 0 aliphatic carbocycles. The van der Waals surface area contributed by atoms with Crippen LogP contribution in [-0.2, 0) is 0 Å². The second kappa shape index (κ2) is 6.07. The number of aryl methyl sites for hydroxylation is 1. The highest BCUT2D eigenvalue weighted by Gasteiger charge is 2.23. The van der Waals surface area contributed by atoms with Gasteiger partial charge in [-0.3, -0.25) is 0 Å². The second-order valence-electron chi connectivity index (χ2n) is 6.04. The molecule has 1 saturated heterocycles. The van der Waals surface area contributed by atoms with E-state index in [0.717, 1.165) is 48.7 Å². The van der Waals surface area contributed by atoms with Gasteiger partial charge >= 0.3 is 0 Å². The highest BCUT2D eigenvalue weighted by atomic mass is 19.1. The molecule has 0 spiro atoms. The maximum Gasteiger partial charge on any atom is 0.177 e. The Kier molecular flexibility index (Phi) is 3.76. The highest BCUT2D eigenvalue weighted by Crippen LogP contribution is 2.24. The molecule has 1 aliphatic rings. The molecule has 7 heteroatoms. The van der Waals surface area contributed by atoms with Crippen LogP contribution in [0.1, 0.15) is 18.4 Å². The number of fused-ring (bicyclic) bond motifs is 1. The van der Waals surface area contributed by atoms with Crippen LogP contribution in [0.15, 0.2) is 36.7 Å². The Labute approximate surface area is 138 Å². The van der Waals surface area contributed by atoms with Crippen molar-refractivity contribution in [3.05, 3.63) is 48.0 Å². The molecule has 1 aliphatic heterocycles. The normalized spacial score (nSPS) is 15.8. The molecule has 2 aromatic heterocycles. The number of anilines is 1. The van der Waals surface area contributed by atoms with Gasteiger partial charge in [-0.1, -0.05) is 0 Å². The second-order valence-corrected chi connectivity index (χ2v) is 6.04. The van der Waals surface area contributed by atoms with Gasteiger partial charge in [0.2, 0.25) is 0 Å². The third kappa shape index (κ3) is 2.89. The highest BCUT2D eigenvalue weighted by molar-refractivity contribution is 5.52. The lowest BCUT2D eigenvalue weighted by molar-refractivity contribution is 0.170. The molecule has 0 saturated carbocycles. The molecule has 0 unspecified atom stereocenters. The fourth-order valence-corrected chi connectivity index (χ4v) is 3.05.